The van der Waals surface area contributed by atoms with Crippen molar-refractivity contribution >= 4 is 10.8 Å². The Balaban J connectivity index is 1.33. The molecule has 7 heteroatoms. The molecule has 0 N–H and O–H groups in total. The fourth-order valence-electron chi connectivity index (χ4n) is 4.60. The van der Waals surface area contributed by atoms with Gasteiger partial charge in [-0.2, -0.15) is 8.78 Å². The summed E-state index contributed by atoms with van der Waals surface area (Å²) in [6.45, 7) is 0.590. The first kappa shape index (κ1) is 26.4. The Morgan fingerprint density at radius 2 is 1.64 bits per heavy atom. The molecule has 0 radical (unpaired) electrons. The quantitative estimate of drug-likeness (QED) is 0.252. The lowest BCUT2D eigenvalue weighted by Gasteiger charge is -2.29. The SMILES string of the molecule is CCCCC1COC(CCc2ccc3c(F)c(CCc4ccc(OC(F)F)c(F)c4)ccc3c2)OC1. The minimum Gasteiger partial charge on any atom is -0.432 e. The van der Waals surface area contributed by atoms with Crippen LogP contribution in [0.15, 0.2) is 48.5 Å². The predicted octanol–water partition coefficient (Wildman–Crippen LogP) is 7.62. The fraction of sp³-hybridized carbons (Fsp3) is 0.448. The van der Waals surface area contributed by atoms with Crippen LogP contribution in [0, 0.1) is 17.6 Å². The van der Waals surface area contributed by atoms with Crippen molar-refractivity contribution in [3.63, 3.8) is 0 Å². The molecule has 0 bridgehead atoms. The van der Waals surface area contributed by atoms with E-state index in [4.69, 9.17) is 9.47 Å². The van der Waals surface area contributed by atoms with Gasteiger partial charge in [0.15, 0.2) is 17.9 Å². The lowest BCUT2D eigenvalue weighted by Crippen LogP contribution is -2.32. The molecule has 1 fully saturated rings. The normalized spacial score (nSPS) is 18.2. The van der Waals surface area contributed by atoms with Gasteiger partial charge in [-0.3, -0.25) is 0 Å². The van der Waals surface area contributed by atoms with Gasteiger partial charge in [-0.25, -0.2) is 8.78 Å². The van der Waals surface area contributed by atoms with Gasteiger partial charge in [-0.1, -0.05) is 56.2 Å². The lowest BCUT2D eigenvalue weighted by molar-refractivity contribution is -0.203. The van der Waals surface area contributed by atoms with E-state index in [0.29, 0.717) is 35.3 Å². The van der Waals surface area contributed by atoms with Crippen molar-refractivity contribution < 1.29 is 31.8 Å². The predicted molar refractivity (Wildman–Crippen MR) is 131 cm³/mol. The molecular formula is C29H32F4O3. The van der Waals surface area contributed by atoms with Crippen LogP contribution >= 0.6 is 0 Å². The smallest absolute Gasteiger partial charge is 0.387 e. The molecule has 0 aliphatic carbocycles. The van der Waals surface area contributed by atoms with Crippen molar-refractivity contribution in [2.45, 2.75) is 64.8 Å². The van der Waals surface area contributed by atoms with Gasteiger partial charge < -0.3 is 14.2 Å². The summed E-state index contributed by atoms with van der Waals surface area (Å²) >= 11 is 0. The summed E-state index contributed by atoms with van der Waals surface area (Å²) in [5, 5.41) is 1.35. The van der Waals surface area contributed by atoms with Gasteiger partial charge in [0.05, 0.1) is 13.2 Å². The van der Waals surface area contributed by atoms with Crippen LogP contribution in [0.3, 0.4) is 0 Å². The van der Waals surface area contributed by atoms with Crippen molar-refractivity contribution in [2.24, 2.45) is 5.92 Å². The average molecular weight is 505 g/mol. The standard InChI is InChI=1S/C29H32F4O3/c1-2-3-4-21-17-34-27(35-18-21)14-8-19-6-12-24-23(15-19)11-10-22(28(24)31)9-5-20-7-13-26(25(30)16-20)36-29(32)33/h6-7,10-13,15-16,21,27,29H,2-5,8-9,14,17-18H2,1H3. The van der Waals surface area contributed by atoms with Crippen molar-refractivity contribution in [3.05, 3.63) is 76.9 Å². The topological polar surface area (TPSA) is 27.7 Å². The number of unbranched alkanes of at least 4 members (excludes halogenated alkanes) is 1. The summed E-state index contributed by atoms with van der Waals surface area (Å²) in [6.07, 6.45) is 5.58. The van der Waals surface area contributed by atoms with E-state index in [-0.39, 0.29) is 12.1 Å². The molecule has 36 heavy (non-hydrogen) atoms. The number of fused-ring (bicyclic) bond motifs is 1. The third kappa shape index (κ3) is 6.98. The number of hydrogen-bond donors (Lipinski definition) is 0. The number of halogens is 4. The number of alkyl halides is 2. The molecule has 3 aromatic carbocycles. The first-order chi connectivity index (χ1) is 17.4. The lowest BCUT2D eigenvalue weighted by atomic mass is 9.98. The molecule has 1 saturated heterocycles. The maximum absolute atomic E-state index is 15.2. The van der Waals surface area contributed by atoms with Crippen molar-refractivity contribution in [1.29, 1.82) is 0 Å². The zero-order valence-corrected chi connectivity index (χ0v) is 20.5. The van der Waals surface area contributed by atoms with Crippen LogP contribution in [0.1, 0.15) is 49.3 Å². The molecule has 0 atom stereocenters. The van der Waals surface area contributed by atoms with E-state index in [1.807, 2.05) is 18.2 Å². The van der Waals surface area contributed by atoms with Crippen molar-refractivity contribution in [3.8, 4) is 5.75 Å². The fourth-order valence-corrected chi connectivity index (χ4v) is 4.60. The molecule has 0 unspecified atom stereocenters. The Kier molecular flexibility index (Phi) is 9.21. The molecule has 3 aromatic rings. The molecule has 1 heterocycles. The zero-order valence-electron chi connectivity index (χ0n) is 20.5. The molecular weight excluding hydrogens is 472 g/mol. The molecule has 194 valence electrons. The van der Waals surface area contributed by atoms with E-state index < -0.39 is 18.2 Å². The summed E-state index contributed by atoms with van der Waals surface area (Å²) in [7, 11) is 0. The van der Waals surface area contributed by atoms with Gasteiger partial charge >= 0.3 is 6.61 Å². The highest BCUT2D eigenvalue weighted by atomic mass is 19.3. The van der Waals surface area contributed by atoms with Gasteiger partial charge in [0.2, 0.25) is 0 Å². The Labute approximate surface area is 209 Å². The minimum atomic E-state index is -3.09. The van der Waals surface area contributed by atoms with Crippen LogP contribution in [0.25, 0.3) is 10.8 Å². The Morgan fingerprint density at radius 3 is 2.36 bits per heavy atom. The summed E-state index contributed by atoms with van der Waals surface area (Å²) < 4.78 is 69.6. The second-order valence-electron chi connectivity index (χ2n) is 9.38. The Hall–Kier alpha value is -2.64. The van der Waals surface area contributed by atoms with Gasteiger partial charge in [0.1, 0.15) is 5.82 Å². The zero-order chi connectivity index (χ0) is 25.5. The van der Waals surface area contributed by atoms with E-state index in [9.17, 15) is 13.2 Å². The van der Waals surface area contributed by atoms with Crippen LogP contribution in [0.4, 0.5) is 17.6 Å². The largest absolute Gasteiger partial charge is 0.432 e. The summed E-state index contributed by atoms with van der Waals surface area (Å²) in [4.78, 5) is 0. The van der Waals surface area contributed by atoms with Crippen LogP contribution < -0.4 is 4.74 Å². The third-order valence-electron chi connectivity index (χ3n) is 6.66. The summed E-state index contributed by atoms with van der Waals surface area (Å²) in [5.74, 6) is -1.18. The molecule has 3 nitrogen and oxygen atoms in total. The monoisotopic (exact) mass is 504 g/mol. The van der Waals surface area contributed by atoms with Crippen LogP contribution in [-0.2, 0) is 28.7 Å². The van der Waals surface area contributed by atoms with Gasteiger partial charge in [-0.05, 0) is 59.9 Å². The van der Waals surface area contributed by atoms with Crippen LogP contribution in [-0.4, -0.2) is 26.1 Å². The first-order valence-electron chi connectivity index (χ1n) is 12.6. The molecule has 0 amide bonds. The minimum absolute atomic E-state index is 0.196. The van der Waals surface area contributed by atoms with Crippen LogP contribution in [0.2, 0.25) is 0 Å². The molecule has 1 aliphatic heterocycles. The number of benzene rings is 3. The molecule has 0 spiro atoms. The van der Waals surface area contributed by atoms with Crippen LogP contribution in [0.5, 0.6) is 5.75 Å². The van der Waals surface area contributed by atoms with E-state index in [1.54, 1.807) is 12.1 Å². The highest BCUT2D eigenvalue weighted by molar-refractivity contribution is 5.84. The number of rotatable bonds is 11. The molecule has 1 aliphatic rings. The Morgan fingerprint density at radius 1 is 0.889 bits per heavy atom. The molecule has 4 rings (SSSR count). The highest BCUT2D eigenvalue weighted by Gasteiger charge is 2.21. The Bertz CT molecular complexity index is 1140. The average Bonchev–Trinajstić information content (AvgIpc) is 2.87. The van der Waals surface area contributed by atoms with Gasteiger partial charge in [-0.15, -0.1) is 0 Å². The number of ether oxygens (including phenoxy) is 3. The van der Waals surface area contributed by atoms with E-state index in [0.717, 1.165) is 49.5 Å². The molecule has 0 saturated carbocycles. The third-order valence-corrected chi connectivity index (χ3v) is 6.66. The molecule has 0 aromatic heterocycles. The van der Waals surface area contributed by atoms with E-state index in [2.05, 4.69) is 11.7 Å². The number of hydrogen-bond acceptors (Lipinski definition) is 3. The second kappa shape index (κ2) is 12.5. The second-order valence-corrected chi connectivity index (χ2v) is 9.38. The summed E-state index contributed by atoms with van der Waals surface area (Å²) in [5.41, 5.74) is 2.19. The summed E-state index contributed by atoms with van der Waals surface area (Å²) in [6, 6.07) is 13.2. The first-order valence-corrected chi connectivity index (χ1v) is 12.6. The number of aryl methyl sites for hydroxylation is 3. The maximum Gasteiger partial charge on any atom is 0.387 e. The van der Waals surface area contributed by atoms with Gasteiger partial charge in [0.25, 0.3) is 0 Å². The maximum atomic E-state index is 15.2. The van der Waals surface area contributed by atoms with E-state index in [1.165, 1.54) is 25.0 Å². The van der Waals surface area contributed by atoms with Gasteiger partial charge in [0, 0.05) is 17.7 Å². The van der Waals surface area contributed by atoms with E-state index >= 15 is 4.39 Å². The highest BCUT2D eigenvalue weighted by Crippen LogP contribution is 2.26. The van der Waals surface area contributed by atoms with Crippen molar-refractivity contribution in [2.75, 3.05) is 13.2 Å². The van der Waals surface area contributed by atoms with Crippen molar-refractivity contribution in [1.82, 2.24) is 0 Å².